The van der Waals surface area contributed by atoms with Crippen molar-refractivity contribution in [3.63, 3.8) is 0 Å². The maximum absolute atomic E-state index is 12.9. The van der Waals surface area contributed by atoms with Crippen LogP contribution in [-0.4, -0.2) is 23.6 Å². The number of aryl methyl sites for hydroxylation is 3. The molecule has 1 amide bonds. The molecule has 1 aromatic carbocycles. The Balaban J connectivity index is 1.98. The minimum Gasteiger partial charge on any atom is -0.464 e. The molecule has 0 unspecified atom stereocenters. The second-order valence-corrected chi connectivity index (χ2v) is 7.41. The van der Waals surface area contributed by atoms with Crippen LogP contribution in [0, 0.1) is 20.8 Å². The Hall–Kier alpha value is -2.60. The quantitative estimate of drug-likeness (QED) is 0.682. The zero-order chi connectivity index (χ0) is 19.0. The van der Waals surface area contributed by atoms with Crippen LogP contribution >= 0.6 is 11.3 Å². The van der Waals surface area contributed by atoms with Crippen molar-refractivity contribution in [2.24, 2.45) is 0 Å². The van der Waals surface area contributed by atoms with Gasteiger partial charge in [0.05, 0.1) is 7.11 Å². The van der Waals surface area contributed by atoms with Gasteiger partial charge in [0.2, 0.25) is 5.91 Å². The van der Waals surface area contributed by atoms with Gasteiger partial charge in [-0.25, -0.2) is 4.79 Å². The van der Waals surface area contributed by atoms with Crippen molar-refractivity contribution in [3.05, 3.63) is 52.0 Å². The van der Waals surface area contributed by atoms with E-state index in [0.29, 0.717) is 5.69 Å². The molecule has 6 heteroatoms. The lowest BCUT2D eigenvalue weighted by molar-refractivity contribution is -0.118. The largest absolute Gasteiger partial charge is 0.464 e. The molecule has 0 spiro atoms. The van der Waals surface area contributed by atoms with Crippen molar-refractivity contribution in [2.75, 3.05) is 12.4 Å². The van der Waals surface area contributed by atoms with Gasteiger partial charge < -0.3 is 14.6 Å². The average Bonchev–Trinajstić information content (AvgIpc) is 3.17. The summed E-state index contributed by atoms with van der Waals surface area (Å²) in [6, 6.07) is 7.23. The summed E-state index contributed by atoms with van der Waals surface area (Å²) < 4.78 is 6.64. The van der Waals surface area contributed by atoms with Gasteiger partial charge in [0.25, 0.3) is 0 Å². The number of rotatable bonds is 4. The molecule has 0 bridgehead atoms. The number of carbonyl (C=O) groups excluding carboxylic acids is 2. The molecule has 136 valence electrons. The van der Waals surface area contributed by atoms with Crippen molar-refractivity contribution in [1.82, 2.24) is 4.57 Å². The highest BCUT2D eigenvalue weighted by Crippen LogP contribution is 2.30. The fourth-order valence-electron chi connectivity index (χ4n) is 3.31. The number of esters is 1. The molecule has 3 rings (SSSR count). The molecule has 1 atom stereocenters. The first kappa shape index (κ1) is 18.2. The summed E-state index contributed by atoms with van der Waals surface area (Å²) in [5.74, 6) is -0.619. The monoisotopic (exact) mass is 370 g/mol. The molecular weight excluding hydrogens is 348 g/mol. The van der Waals surface area contributed by atoms with Gasteiger partial charge in [0.1, 0.15) is 16.6 Å². The second kappa shape index (κ2) is 6.96. The zero-order valence-electron chi connectivity index (χ0n) is 15.5. The minimum atomic E-state index is -0.555. The average molecular weight is 370 g/mol. The molecule has 0 aliphatic carbocycles. The number of nitrogens with zero attached hydrogens (tertiary/aromatic N) is 1. The number of thiophene rings is 1. The van der Waals surface area contributed by atoms with E-state index in [2.05, 4.69) is 5.32 Å². The molecule has 26 heavy (non-hydrogen) atoms. The summed E-state index contributed by atoms with van der Waals surface area (Å²) in [5, 5.41) is 5.90. The number of amides is 1. The number of hydrogen-bond acceptors (Lipinski definition) is 4. The molecule has 0 saturated heterocycles. The van der Waals surface area contributed by atoms with Crippen molar-refractivity contribution < 1.29 is 14.3 Å². The Bertz CT molecular complexity index is 977. The van der Waals surface area contributed by atoms with Crippen LogP contribution in [0.2, 0.25) is 0 Å². The third-order valence-corrected chi connectivity index (χ3v) is 5.46. The van der Waals surface area contributed by atoms with E-state index in [4.69, 9.17) is 4.74 Å². The van der Waals surface area contributed by atoms with Crippen LogP contribution in [0.25, 0.3) is 10.2 Å². The number of carbonyl (C=O) groups is 2. The molecule has 2 aromatic heterocycles. The first-order valence-corrected chi connectivity index (χ1v) is 9.27. The van der Waals surface area contributed by atoms with Crippen molar-refractivity contribution in [2.45, 2.75) is 33.7 Å². The molecule has 3 aromatic rings. The smallest absolute Gasteiger partial charge is 0.354 e. The highest BCUT2D eigenvalue weighted by atomic mass is 32.1. The highest BCUT2D eigenvalue weighted by Gasteiger charge is 2.25. The van der Waals surface area contributed by atoms with E-state index in [1.807, 2.05) is 44.4 Å². The van der Waals surface area contributed by atoms with Crippen LogP contribution in [0.15, 0.2) is 29.6 Å². The van der Waals surface area contributed by atoms with Crippen LogP contribution in [0.4, 0.5) is 5.69 Å². The fourth-order valence-corrected chi connectivity index (χ4v) is 4.29. The van der Waals surface area contributed by atoms with Crippen molar-refractivity contribution in [1.29, 1.82) is 0 Å². The zero-order valence-corrected chi connectivity index (χ0v) is 16.4. The normalized spacial score (nSPS) is 12.2. The maximum Gasteiger partial charge on any atom is 0.354 e. The van der Waals surface area contributed by atoms with Gasteiger partial charge in [-0.1, -0.05) is 17.7 Å². The van der Waals surface area contributed by atoms with Crippen molar-refractivity contribution in [3.8, 4) is 0 Å². The van der Waals surface area contributed by atoms with Gasteiger partial charge in [0.15, 0.2) is 0 Å². The van der Waals surface area contributed by atoms with Crippen molar-refractivity contribution >= 4 is 39.1 Å². The number of nitrogens with one attached hydrogen (secondary N) is 1. The summed E-state index contributed by atoms with van der Waals surface area (Å²) >= 11 is 1.50. The number of anilines is 1. The second-order valence-electron chi connectivity index (χ2n) is 6.51. The molecule has 0 fully saturated rings. The topological polar surface area (TPSA) is 60.3 Å². The van der Waals surface area contributed by atoms with E-state index in [1.165, 1.54) is 18.4 Å². The summed E-state index contributed by atoms with van der Waals surface area (Å²) in [7, 11) is 1.34. The number of fused-ring (bicyclic) bond motifs is 1. The predicted octanol–water partition coefficient (Wildman–Crippen LogP) is 4.61. The van der Waals surface area contributed by atoms with E-state index in [1.54, 1.807) is 17.6 Å². The number of hydrogen-bond donors (Lipinski definition) is 1. The van der Waals surface area contributed by atoms with Crippen LogP contribution in [0.5, 0.6) is 0 Å². The fraction of sp³-hybridized carbons (Fsp3) is 0.300. The first-order valence-electron chi connectivity index (χ1n) is 8.39. The third kappa shape index (κ3) is 3.12. The molecule has 0 aliphatic rings. The molecular formula is C20H22N2O3S. The first-order chi connectivity index (χ1) is 12.3. The van der Waals surface area contributed by atoms with Crippen LogP contribution in [0.1, 0.15) is 40.1 Å². The SMILES string of the molecule is COC(=O)c1cc2ccsc2n1[C@H](C)C(=O)Nc1c(C)cc(C)cc1C. The molecule has 1 N–H and O–H groups in total. The Kier molecular flexibility index (Phi) is 4.87. The van der Waals surface area contributed by atoms with Gasteiger partial charge >= 0.3 is 5.97 Å². The number of aromatic nitrogens is 1. The number of ether oxygens (including phenoxy) is 1. The molecule has 0 saturated carbocycles. The molecule has 0 radical (unpaired) electrons. The van der Waals surface area contributed by atoms with Crippen LogP contribution < -0.4 is 5.32 Å². The Morgan fingerprint density at radius 1 is 1.15 bits per heavy atom. The molecule has 2 heterocycles. The standard InChI is InChI=1S/C20H22N2O3S/c1-11-8-12(2)17(13(3)9-11)21-18(23)14(4)22-16(20(24)25-5)10-15-6-7-26-19(15)22/h6-10,14H,1-5H3,(H,21,23)/t14-/m1/s1. The summed E-state index contributed by atoms with van der Waals surface area (Å²) in [4.78, 5) is 26.0. The summed E-state index contributed by atoms with van der Waals surface area (Å²) in [6.07, 6.45) is 0. The lowest BCUT2D eigenvalue weighted by atomic mass is 10.0. The predicted molar refractivity (Wildman–Crippen MR) is 105 cm³/mol. The Labute approximate surface area is 156 Å². The van der Waals surface area contributed by atoms with Gasteiger partial charge in [-0.15, -0.1) is 11.3 Å². The summed E-state index contributed by atoms with van der Waals surface area (Å²) in [6.45, 7) is 7.78. The van der Waals surface area contributed by atoms with Crippen LogP contribution in [-0.2, 0) is 9.53 Å². The number of methoxy groups -OCH3 is 1. The van der Waals surface area contributed by atoms with Gasteiger partial charge in [-0.3, -0.25) is 4.79 Å². The van der Waals surface area contributed by atoms with E-state index in [-0.39, 0.29) is 5.91 Å². The lowest BCUT2D eigenvalue weighted by Crippen LogP contribution is -2.26. The maximum atomic E-state index is 12.9. The summed E-state index contributed by atoms with van der Waals surface area (Å²) in [5.41, 5.74) is 4.40. The highest BCUT2D eigenvalue weighted by molar-refractivity contribution is 7.16. The van der Waals surface area contributed by atoms with Gasteiger partial charge in [0, 0.05) is 11.1 Å². The van der Waals surface area contributed by atoms with Crippen LogP contribution in [0.3, 0.4) is 0 Å². The van der Waals surface area contributed by atoms with E-state index in [0.717, 1.165) is 32.6 Å². The Morgan fingerprint density at radius 3 is 2.42 bits per heavy atom. The van der Waals surface area contributed by atoms with E-state index in [9.17, 15) is 9.59 Å². The van der Waals surface area contributed by atoms with E-state index < -0.39 is 12.0 Å². The minimum absolute atomic E-state index is 0.170. The van der Waals surface area contributed by atoms with Gasteiger partial charge in [-0.05, 0) is 56.3 Å². The van der Waals surface area contributed by atoms with E-state index >= 15 is 0 Å². The third-order valence-electron chi connectivity index (χ3n) is 4.53. The Morgan fingerprint density at radius 2 is 1.81 bits per heavy atom. The van der Waals surface area contributed by atoms with Gasteiger partial charge in [-0.2, -0.15) is 0 Å². The lowest BCUT2D eigenvalue weighted by Gasteiger charge is -2.19. The molecule has 5 nitrogen and oxygen atoms in total. The molecule has 0 aliphatic heterocycles. The number of benzene rings is 1.